The van der Waals surface area contributed by atoms with Crippen LogP contribution in [0.3, 0.4) is 0 Å². The molecular weight excluding hydrogens is 620 g/mol. The smallest absolute Gasteiger partial charge is 0.264 e. The molecule has 13 heteroatoms. The van der Waals surface area contributed by atoms with Gasteiger partial charge in [-0.05, 0) is 79.2 Å². The molecule has 0 heterocycles. The Morgan fingerprint density at radius 1 is 0.889 bits per heavy atom. The van der Waals surface area contributed by atoms with Gasteiger partial charge in [0.25, 0.3) is 21.8 Å². The molecule has 0 aromatic heterocycles. The van der Waals surface area contributed by atoms with E-state index < -0.39 is 22.5 Å². The lowest BCUT2D eigenvalue weighted by Gasteiger charge is -2.24. The first-order valence-corrected chi connectivity index (χ1v) is 15.3. The molecule has 234 valence electrons. The fourth-order valence-corrected chi connectivity index (χ4v) is 5.66. The number of aryl methyl sites for hydroxylation is 1. The second kappa shape index (κ2) is 15.1. The predicted molar refractivity (Wildman–Crippen MR) is 173 cm³/mol. The summed E-state index contributed by atoms with van der Waals surface area (Å²) in [7, 11) is -1.35. The maximum absolute atomic E-state index is 13.7. The molecule has 4 aromatic rings. The van der Waals surface area contributed by atoms with Crippen molar-refractivity contribution in [3.63, 3.8) is 0 Å². The number of hydrogen-bond acceptors (Lipinski definition) is 8. The van der Waals surface area contributed by atoms with Crippen LogP contribution < -0.4 is 29.3 Å². The van der Waals surface area contributed by atoms with E-state index in [4.69, 9.17) is 25.8 Å². The first kappa shape index (κ1) is 32.8. The van der Waals surface area contributed by atoms with Crippen molar-refractivity contribution in [2.45, 2.75) is 11.8 Å². The Morgan fingerprint density at radius 3 is 2.27 bits per heavy atom. The number of hydrogen-bond donors (Lipinski definition) is 2. The number of amides is 2. The molecule has 11 nitrogen and oxygen atoms in total. The number of carbonyl (C=O) groups excluding carboxylic acids is 2. The highest BCUT2D eigenvalue weighted by atomic mass is 35.5. The normalized spacial score (nSPS) is 11.1. The van der Waals surface area contributed by atoms with Crippen LogP contribution >= 0.6 is 11.6 Å². The summed E-state index contributed by atoms with van der Waals surface area (Å²) in [5.74, 6) is 0.0320. The minimum absolute atomic E-state index is 0.0821. The Hall–Kier alpha value is -5.07. The maximum Gasteiger partial charge on any atom is 0.264 e. The van der Waals surface area contributed by atoms with Gasteiger partial charge in [-0.25, -0.2) is 13.8 Å². The molecule has 0 spiro atoms. The molecule has 0 aliphatic heterocycles. The van der Waals surface area contributed by atoms with Gasteiger partial charge in [0.05, 0.1) is 31.0 Å². The van der Waals surface area contributed by atoms with E-state index in [0.29, 0.717) is 33.5 Å². The molecule has 0 saturated carbocycles. The number of methoxy groups -OCH3 is 2. The molecule has 2 amide bonds. The zero-order valence-corrected chi connectivity index (χ0v) is 26.3. The van der Waals surface area contributed by atoms with Crippen LogP contribution in [0.15, 0.2) is 101 Å². The molecule has 0 atom stereocenters. The monoisotopic (exact) mass is 650 g/mol. The van der Waals surface area contributed by atoms with Crippen molar-refractivity contribution in [3.8, 4) is 17.2 Å². The van der Waals surface area contributed by atoms with Crippen LogP contribution in [0.5, 0.6) is 17.2 Å². The van der Waals surface area contributed by atoms with Crippen LogP contribution in [0, 0.1) is 6.92 Å². The highest BCUT2D eigenvalue weighted by Gasteiger charge is 2.28. The summed E-state index contributed by atoms with van der Waals surface area (Å²) < 4.78 is 44.4. The first-order valence-electron chi connectivity index (χ1n) is 13.5. The molecule has 0 saturated heterocycles. The SMILES string of the molecule is COc1ccc(S(=O)(=O)N(CC(=O)N/N=C\c2ccc(OCC(=O)Nc3cccc(Cl)c3)cc2)c2ccc(C)cc2)cc1OC. The zero-order chi connectivity index (χ0) is 32.4. The van der Waals surface area contributed by atoms with Crippen molar-refractivity contribution in [1.82, 2.24) is 5.43 Å². The van der Waals surface area contributed by atoms with Gasteiger partial charge in [0.2, 0.25) is 0 Å². The van der Waals surface area contributed by atoms with Crippen molar-refractivity contribution in [1.29, 1.82) is 0 Å². The zero-order valence-electron chi connectivity index (χ0n) is 24.7. The van der Waals surface area contributed by atoms with Gasteiger partial charge in [0.15, 0.2) is 18.1 Å². The molecule has 0 fully saturated rings. The fraction of sp³-hybridized carbons (Fsp3) is 0.156. The Labute approximate surface area is 266 Å². The average Bonchev–Trinajstić information content (AvgIpc) is 3.03. The second-order valence-electron chi connectivity index (χ2n) is 9.57. The maximum atomic E-state index is 13.7. The van der Waals surface area contributed by atoms with E-state index in [1.54, 1.807) is 72.8 Å². The minimum atomic E-state index is -4.20. The number of ether oxygens (including phenoxy) is 3. The van der Waals surface area contributed by atoms with E-state index in [9.17, 15) is 18.0 Å². The number of nitrogens with one attached hydrogen (secondary N) is 2. The highest BCUT2D eigenvalue weighted by Crippen LogP contribution is 2.32. The third-order valence-corrected chi connectivity index (χ3v) is 8.32. The van der Waals surface area contributed by atoms with Gasteiger partial charge in [-0.3, -0.25) is 13.9 Å². The summed E-state index contributed by atoms with van der Waals surface area (Å²) in [6.45, 7) is 1.12. The molecule has 0 aliphatic carbocycles. The lowest BCUT2D eigenvalue weighted by atomic mass is 10.2. The molecule has 4 aromatic carbocycles. The molecule has 2 N–H and O–H groups in total. The van der Waals surface area contributed by atoms with Crippen LogP contribution in [0.2, 0.25) is 5.02 Å². The van der Waals surface area contributed by atoms with E-state index in [1.807, 2.05) is 6.92 Å². The van der Waals surface area contributed by atoms with Gasteiger partial charge in [0, 0.05) is 16.8 Å². The third-order valence-electron chi connectivity index (χ3n) is 6.31. The lowest BCUT2D eigenvalue weighted by molar-refractivity contribution is -0.119. The number of rotatable bonds is 13. The highest BCUT2D eigenvalue weighted by molar-refractivity contribution is 7.92. The van der Waals surface area contributed by atoms with Crippen LogP contribution in [0.25, 0.3) is 0 Å². The number of carbonyl (C=O) groups is 2. The number of anilines is 2. The molecular formula is C32H31ClN4O7S. The summed E-state index contributed by atoms with van der Waals surface area (Å²) in [6, 6.07) is 24.4. The van der Waals surface area contributed by atoms with Crippen molar-refractivity contribution in [2.24, 2.45) is 5.10 Å². The topological polar surface area (TPSA) is 136 Å². The number of halogens is 1. The molecule has 0 unspecified atom stereocenters. The van der Waals surface area contributed by atoms with Crippen molar-refractivity contribution in [2.75, 3.05) is 37.0 Å². The number of sulfonamides is 1. The lowest BCUT2D eigenvalue weighted by Crippen LogP contribution is -2.39. The summed E-state index contributed by atoms with van der Waals surface area (Å²) in [5, 5.41) is 7.17. The molecule has 0 aliphatic rings. The molecule has 0 radical (unpaired) electrons. The van der Waals surface area contributed by atoms with E-state index in [2.05, 4.69) is 15.8 Å². The van der Waals surface area contributed by atoms with Crippen LogP contribution in [-0.2, 0) is 19.6 Å². The van der Waals surface area contributed by atoms with Gasteiger partial charge in [0.1, 0.15) is 12.3 Å². The van der Waals surface area contributed by atoms with E-state index in [-0.39, 0.29) is 23.2 Å². The van der Waals surface area contributed by atoms with Crippen LogP contribution in [0.4, 0.5) is 11.4 Å². The summed E-state index contributed by atoms with van der Waals surface area (Å²) >= 11 is 5.93. The Balaban J connectivity index is 1.39. The minimum Gasteiger partial charge on any atom is -0.493 e. The number of benzene rings is 4. The van der Waals surface area contributed by atoms with Crippen molar-refractivity contribution >= 4 is 51.0 Å². The van der Waals surface area contributed by atoms with E-state index in [1.165, 1.54) is 38.6 Å². The summed E-state index contributed by atoms with van der Waals surface area (Å²) in [6.07, 6.45) is 1.40. The van der Waals surface area contributed by atoms with Gasteiger partial charge in [-0.15, -0.1) is 0 Å². The summed E-state index contributed by atoms with van der Waals surface area (Å²) in [4.78, 5) is 25.0. The van der Waals surface area contributed by atoms with E-state index >= 15 is 0 Å². The standard InChI is InChI=1S/C32H31ClN4O7S/c1-22-7-11-26(12-8-22)37(45(40,41)28-15-16-29(42-2)30(18-28)43-3)20-31(38)36-34-19-23-9-13-27(14-10-23)44-21-32(39)35-25-6-4-5-24(33)17-25/h4-19H,20-21H2,1-3H3,(H,35,39)(H,36,38)/b34-19-. The number of hydrazone groups is 1. The van der Waals surface area contributed by atoms with Gasteiger partial charge in [-0.2, -0.15) is 5.10 Å². The fourth-order valence-electron chi connectivity index (χ4n) is 4.04. The summed E-state index contributed by atoms with van der Waals surface area (Å²) in [5.41, 5.74) is 4.78. The first-order chi connectivity index (χ1) is 21.6. The molecule has 0 bridgehead atoms. The Morgan fingerprint density at radius 2 is 1.60 bits per heavy atom. The van der Waals surface area contributed by atoms with Crippen molar-refractivity contribution < 1.29 is 32.2 Å². The van der Waals surface area contributed by atoms with Gasteiger partial charge in [-0.1, -0.05) is 35.4 Å². The second-order valence-corrected chi connectivity index (χ2v) is 11.9. The van der Waals surface area contributed by atoms with Crippen molar-refractivity contribution in [3.05, 3.63) is 107 Å². The van der Waals surface area contributed by atoms with Crippen LogP contribution in [0.1, 0.15) is 11.1 Å². The number of nitrogens with zero attached hydrogens (tertiary/aromatic N) is 2. The third kappa shape index (κ3) is 8.97. The van der Waals surface area contributed by atoms with Crippen LogP contribution in [-0.4, -0.2) is 53.8 Å². The quantitative estimate of drug-likeness (QED) is 0.153. The Bertz CT molecular complexity index is 1780. The Kier molecular flexibility index (Phi) is 11.0. The molecule has 4 rings (SSSR count). The average molecular weight is 651 g/mol. The van der Waals surface area contributed by atoms with Gasteiger partial charge < -0.3 is 19.5 Å². The predicted octanol–water partition coefficient (Wildman–Crippen LogP) is 5.03. The van der Waals surface area contributed by atoms with E-state index in [0.717, 1.165) is 9.87 Å². The molecule has 45 heavy (non-hydrogen) atoms. The van der Waals surface area contributed by atoms with Gasteiger partial charge >= 0.3 is 0 Å². The largest absolute Gasteiger partial charge is 0.493 e.